The predicted molar refractivity (Wildman–Crippen MR) is 89.3 cm³/mol. The van der Waals surface area contributed by atoms with Crippen molar-refractivity contribution in [1.82, 2.24) is 0 Å². The molecule has 0 bridgehead atoms. The molecular weight excluding hydrogens is 286 g/mol. The summed E-state index contributed by atoms with van der Waals surface area (Å²) in [6.45, 7) is 2.08. The molecule has 0 radical (unpaired) electrons. The Hall–Kier alpha value is -2.42. The second kappa shape index (κ2) is 5.05. The third kappa shape index (κ3) is 1.83. The minimum Gasteiger partial charge on any atom is -0.325 e. The van der Waals surface area contributed by atoms with Crippen molar-refractivity contribution in [1.29, 1.82) is 0 Å². The van der Waals surface area contributed by atoms with Crippen LogP contribution in [0, 0.1) is 11.8 Å². The maximum absolute atomic E-state index is 13.0. The highest BCUT2D eigenvalue weighted by molar-refractivity contribution is 6.07. The third-order valence-corrected chi connectivity index (χ3v) is 5.59. The lowest BCUT2D eigenvalue weighted by Crippen LogP contribution is -2.38. The molecule has 1 heterocycles. The zero-order valence-electron chi connectivity index (χ0n) is 13.0. The van der Waals surface area contributed by atoms with Gasteiger partial charge in [-0.2, -0.15) is 0 Å². The van der Waals surface area contributed by atoms with Crippen LogP contribution in [0.3, 0.4) is 0 Å². The average Bonchev–Trinajstić information content (AvgIpc) is 3.03. The van der Waals surface area contributed by atoms with Gasteiger partial charge < -0.3 is 10.1 Å². The zero-order chi connectivity index (χ0) is 16.0. The first kappa shape index (κ1) is 14.2. The molecule has 1 aliphatic heterocycles. The lowest BCUT2D eigenvalue weighted by Gasteiger charge is -2.31. The zero-order valence-corrected chi connectivity index (χ0v) is 13.0. The summed E-state index contributed by atoms with van der Waals surface area (Å²) in [5.74, 6) is -0.0486. The topological polar surface area (TPSA) is 46.2 Å². The maximum atomic E-state index is 13.0. The number of anilines is 1. The number of fused-ring (bicyclic) bond motifs is 2. The molecule has 0 aromatic heterocycles. The van der Waals surface area contributed by atoms with Crippen LogP contribution >= 0.6 is 0 Å². The Morgan fingerprint density at radius 2 is 1.78 bits per heavy atom. The minimum absolute atomic E-state index is 0.0313. The van der Waals surface area contributed by atoms with E-state index in [1.165, 1.54) is 0 Å². The monoisotopic (exact) mass is 305 g/mol. The third-order valence-electron chi connectivity index (χ3n) is 5.59. The molecule has 1 saturated carbocycles. The van der Waals surface area contributed by atoms with Gasteiger partial charge in [0.1, 0.15) is 6.29 Å². The summed E-state index contributed by atoms with van der Waals surface area (Å²) in [7, 11) is 0. The first-order valence-corrected chi connectivity index (χ1v) is 8.09. The Bertz CT molecular complexity index is 770. The van der Waals surface area contributed by atoms with Gasteiger partial charge in [0.15, 0.2) is 0 Å². The smallest absolute Gasteiger partial charge is 0.235 e. The van der Waals surface area contributed by atoms with Crippen molar-refractivity contribution in [3.8, 4) is 0 Å². The molecule has 1 N–H and O–H groups in total. The summed E-state index contributed by atoms with van der Waals surface area (Å²) >= 11 is 0. The number of benzene rings is 2. The van der Waals surface area contributed by atoms with Crippen molar-refractivity contribution in [2.45, 2.75) is 24.7 Å². The number of carbonyl (C=O) groups is 2. The van der Waals surface area contributed by atoms with E-state index in [1.807, 2.05) is 54.6 Å². The minimum atomic E-state index is -0.636. The fourth-order valence-corrected chi connectivity index (χ4v) is 4.66. The van der Waals surface area contributed by atoms with Gasteiger partial charge in [-0.1, -0.05) is 55.5 Å². The summed E-state index contributed by atoms with van der Waals surface area (Å²) in [5, 5.41) is 3.04. The van der Waals surface area contributed by atoms with E-state index in [-0.39, 0.29) is 23.7 Å². The molecule has 3 nitrogen and oxygen atoms in total. The summed E-state index contributed by atoms with van der Waals surface area (Å²) < 4.78 is 0. The largest absolute Gasteiger partial charge is 0.325 e. The van der Waals surface area contributed by atoms with Crippen LogP contribution in [0.1, 0.15) is 30.4 Å². The van der Waals surface area contributed by atoms with Crippen molar-refractivity contribution < 1.29 is 9.59 Å². The molecule has 1 amide bonds. The Labute approximate surface area is 135 Å². The van der Waals surface area contributed by atoms with E-state index in [1.54, 1.807) is 0 Å². The Balaban J connectivity index is 1.96. The number of hydrogen-bond donors (Lipinski definition) is 1. The van der Waals surface area contributed by atoms with E-state index in [9.17, 15) is 9.59 Å². The Morgan fingerprint density at radius 1 is 1.09 bits per heavy atom. The Morgan fingerprint density at radius 3 is 2.52 bits per heavy atom. The summed E-state index contributed by atoms with van der Waals surface area (Å²) in [4.78, 5) is 24.8. The fourth-order valence-electron chi connectivity index (χ4n) is 4.66. The lowest BCUT2D eigenvalue weighted by atomic mass is 9.68. The quantitative estimate of drug-likeness (QED) is 0.863. The number of carbonyl (C=O) groups excluding carboxylic acids is 2. The number of aldehydes is 1. The van der Waals surface area contributed by atoms with Crippen LogP contribution in [0.5, 0.6) is 0 Å². The molecule has 0 unspecified atom stereocenters. The van der Waals surface area contributed by atoms with Gasteiger partial charge in [-0.25, -0.2) is 0 Å². The van der Waals surface area contributed by atoms with E-state index >= 15 is 0 Å². The van der Waals surface area contributed by atoms with E-state index in [4.69, 9.17) is 0 Å². The predicted octanol–water partition coefficient (Wildman–Crippen LogP) is 3.52. The average molecular weight is 305 g/mol. The summed E-state index contributed by atoms with van der Waals surface area (Å²) in [6.07, 6.45) is 1.75. The van der Waals surface area contributed by atoms with Gasteiger partial charge in [-0.05, 0) is 29.5 Å². The van der Waals surface area contributed by atoms with Crippen molar-refractivity contribution in [3.05, 3.63) is 65.7 Å². The molecule has 4 atom stereocenters. The molecule has 2 aromatic carbocycles. The number of nitrogens with one attached hydrogen (secondary N) is 1. The molecule has 1 aliphatic carbocycles. The number of rotatable bonds is 2. The number of amides is 1. The van der Waals surface area contributed by atoms with Gasteiger partial charge in [0.25, 0.3) is 0 Å². The first-order valence-electron chi connectivity index (χ1n) is 8.09. The van der Waals surface area contributed by atoms with Crippen LogP contribution in [-0.4, -0.2) is 12.2 Å². The highest BCUT2D eigenvalue weighted by atomic mass is 16.2. The molecule has 4 rings (SSSR count). The maximum Gasteiger partial charge on any atom is 0.235 e. The van der Waals surface area contributed by atoms with Crippen molar-refractivity contribution in [3.63, 3.8) is 0 Å². The molecule has 2 aromatic rings. The first-order chi connectivity index (χ1) is 11.2. The molecular formula is C20H19NO2. The summed E-state index contributed by atoms with van der Waals surface area (Å²) in [5.41, 5.74) is 2.36. The second-order valence-electron chi connectivity index (χ2n) is 6.75. The normalized spacial score (nSPS) is 31.9. The lowest BCUT2D eigenvalue weighted by molar-refractivity contribution is -0.121. The fraction of sp³-hybridized carbons (Fsp3) is 0.300. The molecule has 23 heavy (non-hydrogen) atoms. The second-order valence-corrected chi connectivity index (χ2v) is 6.75. The standard InChI is InChI=1S/C20H19NO2/c1-13-11-20(16-9-5-6-10-17(16)21-19(20)23)18(15(13)12-22)14-7-3-2-4-8-14/h2-10,12-13,15,18H,11H2,1H3,(H,21,23)/t13-,15-,18-,20+/m1/s1. The van der Waals surface area contributed by atoms with Crippen LogP contribution in [0.2, 0.25) is 0 Å². The molecule has 116 valence electrons. The summed E-state index contributed by atoms with van der Waals surface area (Å²) in [6, 6.07) is 17.9. The van der Waals surface area contributed by atoms with Crippen molar-refractivity contribution in [2.24, 2.45) is 11.8 Å². The number of para-hydroxylation sites is 1. The SMILES string of the molecule is C[C@@H]1C[C@@]2(C(=O)Nc3ccccc32)[C@H](c2ccccc2)[C@@H]1C=O. The Kier molecular flexibility index (Phi) is 3.12. The van der Waals surface area contributed by atoms with Gasteiger partial charge in [-0.15, -0.1) is 0 Å². The van der Waals surface area contributed by atoms with Crippen LogP contribution in [0.4, 0.5) is 5.69 Å². The van der Waals surface area contributed by atoms with Crippen LogP contribution < -0.4 is 5.32 Å². The van der Waals surface area contributed by atoms with E-state index in [0.29, 0.717) is 6.42 Å². The van der Waals surface area contributed by atoms with Gasteiger partial charge in [0.05, 0.1) is 5.41 Å². The van der Waals surface area contributed by atoms with E-state index in [0.717, 1.165) is 23.1 Å². The van der Waals surface area contributed by atoms with E-state index in [2.05, 4.69) is 12.2 Å². The molecule has 1 fully saturated rings. The highest BCUT2D eigenvalue weighted by Gasteiger charge is 2.60. The van der Waals surface area contributed by atoms with Gasteiger partial charge in [-0.3, -0.25) is 4.79 Å². The van der Waals surface area contributed by atoms with Gasteiger partial charge >= 0.3 is 0 Å². The van der Waals surface area contributed by atoms with Crippen molar-refractivity contribution in [2.75, 3.05) is 5.32 Å². The van der Waals surface area contributed by atoms with Gasteiger partial charge in [0, 0.05) is 17.5 Å². The van der Waals surface area contributed by atoms with Crippen LogP contribution in [0.15, 0.2) is 54.6 Å². The van der Waals surface area contributed by atoms with Crippen LogP contribution in [0.25, 0.3) is 0 Å². The van der Waals surface area contributed by atoms with E-state index < -0.39 is 5.41 Å². The van der Waals surface area contributed by atoms with Gasteiger partial charge in [0.2, 0.25) is 5.91 Å². The number of hydrogen-bond acceptors (Lipinski definition) is 2. The molecule has 2 aliphatic rings. The highest BCUT2D eigenvalue weighted by Crippen LogP contribution is 2.60. The molecule has 3 heteroatoms. The van der Waals surface area contributed by atoms with Crippen LogP contribution in [-0.2, 0) is 15.0 Å². The molecule has 0 saturated heterocycles. The van der Waals surface area contributed by atoms with Crippen molar-refractivity contribution >= 4 is 17.9 Å². The molecule has 1 spiro atoms.